The van der Waals surface area contributed by atoms with E-state index in [1.54, 1.807) is 0 Å². The first-order valence-electron chi connectivity index (χ1n) is 5.95. The lowest BCUT2D eigenvalue weighted by molar-refractivity contribution is -0.150. The topological polar surface area (TPSA) is 104 Å². The molecule has 2 atom stereocenters. The fourth-order valence-corrected chi connectivity index (χ4v) is 2.78. The van der Waals surface area contributed by atoms with Crippen molar-refractivity contribution < 1.29 is 19.8 Å². The summed E-state index contributed by atoms with van der Waals surface area (Å²) >= 11 is 0. The van der Waals surface area contributed by atoms with Gasteiger partial charge in [-0.3, -0.25) is 4.79 Å². The fraction of sp³-hybridized carbons (Fsp3) is 0.818. The number of carboxylic acids is 1. The molecule has 0 aromatic rings. The Morgan fingerprint density at radius 3 is 2.41 bits per heavy atom. The third-order valence-corrected chi connectivity index (χ3v) is 3.75. The number of aliphatic carboxylic acids is 1. The van der Waals surface area contributed by atoms with E-state index in [1.165, 1.54) is 4.90 Å². The Bertz CT molecular complexity index is 338. The van der Waals surface area contributed by atoms with Gasteiger partial charge in [-0.05, 0) is 12.8 Å². The Morgan fingerprint density at radius 1 is 1.29 bits per heavy atom. The first-order chi connectivity index (χ1) is 7.94. The molecule has 2 aliphatic rings. The molecule has 0 aromatic carbocycles. The number of aliphatic hydroxyl groups excluding tert-OH is 1. The highest BCUT2D eigenvalue weighted by Gasteiger charge is 2.47. The van der Waals surface area contributed by atoms with Crippen molar-refractivity contribution in [2.45, 2.75) is 49.8 Å². The number of rotatable bonds is 2. The second kappa shape index (κ2) is 4.27. The number of amides is 1. The Hall–Kier alpha value is -1.14. The van der Waals surface area contributed by atoms with E-state index in [9.17, 15) is 14.7 Å². The van der Waals surface area contributed by atoms with Crippen molar-refractivity contribution in [2.75, 3.05) is 6.54 Å². The lowest BCUT2D eigenvalue weighted by atomic mass is 9.97. The minimum absolute atomic E-state index is 0.0781. The van der Waals surface area contributed by atoms with Crippen LogP contribution in [0.15, 0.2) is 0 Å². The number of nitrogens with two attached hydrogens (primary N) is 1. The van der Waals surface area contributed by atoms with E-state index in [0.29, 0.717) is 12.8 Å². The van der Waals surface area contributed by atoms with Gasteiger partial charge in [-0.1, -0.05) is 12.8 Å². The van der Waals surface area contributed by atoms with E-state index in [0.717, 1.165) is 12.8 Å². The third-order valence-electron chi connectivity index (χ3n) is 3.75. The molecule has 1 amide bonds. The van der Waals surface area contributed by atoms with Crippen LogP contribution < -0.4 is 5.73 Å². The zero-order valence-corrected chi connectivity index (χ0v) is 9.63. The van der Waals surface area contributed by atoms with Gasteiger partial charge in [0, 0.05) is 13.0 Å². The van der Waals surface area contributed by atoms with Crippen LogP contribution in [0, 0.1) is 0 Å². The maximum absolute atomic E-state index is 12.3. The van der Waals surface area contributed by atoms with E-state index in [4.69, 9.17) is 10.8 Å². The van der Waals surface area contributed by atoms with E-state index in [-0.39, 0.29) is 18.9 Å². The zero-order chi connectivity index (χ0) is 12.6. The number of carboxylic acid groups (broad SMARTS) is 1. The molecule has 2 fully saturated rings. The van der Waals surface area contributed by atoms with Crippen molar-refractivity contribution in [1.82, 2.24) is 4.90 Å². The molecule has 0 radical (unpaired) electrons. The Morgan fingerprint density at radius 2 is 1.88 bits per heavy atom. The quantitative estimate of drug-likeness (QED) is 0.594. The van der Waals surface area contributed by atoms with Gasteiger partial charge in [-0.2, -0.15) is 0 Å². The first-order valence-corrected chi connectivity index (χ1v) is 5.95. The van der Waals surface area contributed by atoms with E-state index in [2.05, 4.69) is 0 Å². The Balaban J connectivity index is 2.15. The summed E-state index contributed by atoms with van der Waals surface area (Å²) in [6.45, 7) is 0.0781. The molecule has 1 saturated carbocycles. The van der Waals surface area contributed by atoms with E-state index >= 15 is 0 Å². The number of likely N-dealkylation sites (tertiary alicyclic amines) is 1. The third kappa shape index (κ3) is 2.14. The molecule has 1 aliphatic heterocycles. The molecule has 17 heavy (non-hydrogen) atoms. The summed E-state index contributed by atoms with van der Waals surface area (Å²) in [5, 5.41) is 18.5. The van der Waals surface area contributed by atoms with Gasteiger partial charge in [0.15, 0.2) is 0 Å². The minimum atomic E-state index is -1.07. The molecule has 1 aliphatic carbocycles. The van der Waals surface area contributed by atoms with Gasteiger partial charge in [0.05, 0.1) is 11.6 Å². The summed E-state index contributed by atoms with van der Waals surface area (Å²) in [6, 6.07) is -0.932. The summed E-state index contributed by atoms with van der Waals surface area (Å²) in [4.78, 5) is 24.5. The monoisotopic (exact) mass is 242 g/mol. The van der Waals surface area contributed by atoms with Crippen LogP contribution in [0.5, 0.6) is 0 Å². The van der Waals surface area contributed by atoms with Gasteiger partial charge in [-0.15, -0.1) is 0 Å². The van der Waals surface area contributed by atoms with Gasteiger partial charge in [0.1, 0.15) is 6.04 Å². The number of nitrogens with zero attached hydrogens (tertiary/aromatic N) is 1. The normalized spacial score (nSPS) is 31.8. The molecule has 4 N–H and O–H groups in total. The molecule has 0 spiro atoms. The van der Waals surface area contributed by atoms with Gasteiger partial charge in [-0.25, -0.2) is 4.79 Å². The maximum atomic E-state index is 12.3. The van der Waals surface area contributed by atoms with E-state index < -0.39 is 23.7 Å². The summed E-state index contributed by atoms with van der Waals surface area (Å²) in [6.07, 6.45) is 2.34. The maximum Gasteiger partial charge on any atom is 0.326 e. The highest BCUT2D eigenvalue weighted by molar-refractivity contribution is 5.90. The molecule has 1 heterocycles. The first kappa shape index (κ1) is 12.3. The number of carbonyl (C=O) groups is 2. The zero-order valence-electron chi connectivity index (χ0n) is 9.63. The number of β-amino-alcohol motifs (C(OH)–C–C–N with tert-alkyl or cyclic N) is 1. The smallest absolute Gasteiger partial charge is 0.326 e. The predicted molar refractivity (Wildman–Crippen MR) is 59.1 cm³/mol. The second-order valence-corrected chi connectivity index (χ2v) is 5.06. The van der Waals surface area contributed by atoms with Crippen LogP contribution in [-0.4, -0.2) is 51.2 Å². The van der Waals surface area contributed by atoms with Crippen molar-refractivity contribution in [3.8, 4) is 0 Å². The lowest BCUT2D eigenvalue weighted by Gasteiger charge is -2.30. The molecule has 6 nitrogen and oxygen atoms in total. The minimum Gasteiger partial charge on any atom is -0.480 e. The van der Waals surface area contributed by atoms with Crippen molar-refractivity contribution in [3.05, 3.63) is 0 Å². The molecule has 1 saturated heterocycles. The Labute approximate surface area is 99.4 Å². The molecular formula is C11H18N2O4. The molecule has 6 heteroatoms. The summed E-state index contributed by atoms with van der Waals surface area (Å²) < 4.78 is 0. The van der Waals surface area contributed by atoms with Crippen molar-refractivity contribution >= 4 is 11.9 Å². The highest BCUT2D eigenvalue weighted by Crippen LogP contribution is 2.31. The van der Waals surface area contributed by atoms with Crippen LogP contribution in [0.25, 0.3) is 0 Å². The summed E-state index contributed by atoms with van der Waals surface area (Å²) in [5.41, 5.74) is 5.11. The van der Waals surface area contributed by atoms with Gasteiger partial charge in [0.25, 0.3) is 0 Å². The van der Waals surface area contributed by atoms with Crippen molar-refractivity contribution in [3.63, 3.8) is 0 Å². The molecule has 0 bridgehead atoms. The van der Waals surface area contributed by atoms with E-state index in [1.807, 2.05) is 0 Å². The van der Waals surface area contributed by atoms with Crippen LogP contribution in [0.3, 0.4) is 0 Å². The molecular weight excluding hydrogens is 224 g/mol. The number of carbonyl (C=O) groups excluding carboxylic acids is 1. The number of hydrogen-bond donors (Lipinski definition) is 3. The predicted octanol–water partition coefficient (Wildman–Crippen LogP) is -0.696. The molecule has 0 unspecified atom stereocenters. The van der Waals surface area contributed by atoms with Crippen LogP contribution in [0.2, 0.25) is 0 Å². The average molecular weight is 242 g/mol. The summed E-state index contributed by atoms with van der Waals surface area (Å²) in [7, 11) is 0. The van der Waals surface area contributed by atoms with Crippen molar-refractivity contribution in [1.29, 1.82) is 0 Å². The van der Waals surface area contributed by atoms with Crippen LogP contribution in [0.4, 0.5) is 0 Å². The van der Waals surface area contributed by atoms with Crippen LogP contribution >= 0.6 is 0 Å². The van der Waals surface area contributed by atoms with Gasteiger partial charge >= 0.3 is 5.97 Å². The lowest BCUT2D eigenvalue weighted by Crippen LogP contribution is -2.56. The summed E-state index contributed by atoms with van der Waals surface area (Å²) in [5.74, 6) is -1.39. The molecule has 2 rings (SSSR count). The second-order valence-electron chi connectivity index (χ2n) is 5.06. The van der Waals surface area contributed by atoms with Crippen LogP contribution in [0.1, 0.15) is 32.1 Å². The fourth-order valence-electron chi connectivity index (χ4n) is 2.78. The Kier molecular flexibility index (Phi) is 3.09. The van der Waals surface area contributed by atoms with Crippen LogP contribution in [-0.2, 0) is 9.59 Å². The number of hydrogen-bond acceptors (Lipinski definition) is 4. The molecule has 96 valence electrons. The SMILES string of the molecule is NC1(C(=O)N2C[C@@H](O)C[C@H]2C(=O)O)CCCC1. The van der Waals surface area contributed by atoms with Crippen molar-refractivity contribution in [2.24, 2.45) is 5.73 Å². The standard InChI is InChI=1S/C11H18N2O4/c12-11(3-1-2-4-11)10(17)13-6-7(14)5-8(13)9(15)16/h7-8,14H,1-6,12H2,(H,15,16)/t7-,8-/m0/s1. The van der Waals surface area contributed by atoms with Gasteiger partial charge < -0.3 is 20.8 Å². The largest absolute Gasteiger partial charge is 0.480 e. The average Bonchev–Trinajstić information content (AvgIpc) is 2.84. The van der Waals surface area contributed by atoms with Gasteiger partial charge in [0.2, 0.25) is 5.91 Å². The molecule has 0 aromatic heterocycles. The number of aliphatic hydroxyl groups is 1. The highest BCUT2D eigenvalue weighted by atomic mass is 16.4.